The number of thiophene rings is 2. The van der Waals surface area contributed by atoms with Crippen molar-refractivity contribution < 1.29 is 22.7 Å². The lowest BCUT2D eigenvalue weighted by atomic mass is 10.1. The lowest BCUT2D eigenvalue weighted by Gasteiger charge is -2.38. The number of esters is 1. The van der Waals surface area contributed by atoms with E-state index >= 15 is 0 Å². The number of aryl methyl sites for hydroxylation is 2. The minimum absolute atomic E-state index is 0.00234. The second kappa shape index (κ2) is 14.4. The lowest BCUT2D eigenvalue weighted by molar-refractivity contribution is 0.0531. The van der Waals surface area contributed by atoms with E-state index in [2.05, 4.69) is 20.8 Å². The van der Waals surface area contributed by atoms with Gasteiger partial charge in [0, 0.05) is 41.9 Å². The zero-order chi connectivity index (χ0) is 34.0. The number of carbonyl (C=O) groups excluding carboxylic acids is 2. The number of carbonyl (C=O) groups is 2. The van der Waals surface area contributed by atoms with E-state index < -0.39 is 16.0 Å². The molecule has 2 aromatic heterocycles. The van der Waals surface area contributed by atoms with Gasteiger partial charge in [0.1, 0.15) is 9.75 Å². The number of hydrogen-bond donors (Lipinski definition) is 0. The molecule has 3 heterocycles. The van der Waals surface area contributed by atoms with Crippen LogP contribution in [0.1, 0.15) is 43.0 Å². The summed E-state index contributed by atoms with van der Waals surface area (Å²) in [7, 11) is -4.06. The molecule has 250 valence electrons. The summed E-state index contributed by atoms with van der Waals surface area (Å²) in [6, 6.07) is 22.6. The van der Waals surface area contributed by atoms with E-state index in [1.807, 2.05) is 78.7 Å². The topological polar surface area (TPSA) is 87.2 Å². The zero-order valence-electron chi connectivity index (χ0n) is 26.9. The van der Waals surface area contributed by atoms with Crippen LogP contribution in [0.25, 0.3) is 10.1 Å². The molecule has 0 radical (unpaired) electrons. The molecule has 1 aliphatic heterocycles. The smallest absolute Gasteiger partial charge is 0.348 e. The third-order valence-corrected chi connectivity index (χ3v) is 13.6. The van der Waals surface area contributed by atoms with Gasteiger partial charge in [-0.05, 0) is 107 Å². The number of hydrogen-bond acceptors (Lipinski definition) is 8. The Hall–Kier alpha value is -3.71. The molecule has 0 aliphatic carbocycles. The van der Waals surface area contributed by atoms with Crippen molar-refractivity contribution in [3.8, 4) is 0 Å². The Morgan fingerprint density at radius 1 is 0.938 bits per heavy atom. The van der Waals surface area contributed by atoms with Gasteiger partial charge in [-0.2, -0.15) is 0 Å². The monoisotopic (exact) mass is 765 g/mol. The fraction of sp³-hybridized carbons (Fsp3) is 0.278. The van der Waals surface area contributed by atoms with E-state index in [9.17, 15) is 18.0 Å². The Morgan fingerprint density at radius 3 is 2.38 bits per heavy atom. The first-order valence-corrected chi connectivity index (χ1v) is 19.7. The molecule has 1 saturated heterocycles. The predicted molar refractivity (Wildman–Crippen MR) is 199 cm³/mol. The maximum absolute atomic E-state index is 14.7. The summed E-state index contributed by atoms with van der Waals surface area (Å²) in [5.74, 6) is -0.406. The molecule has 1 amide bonds. The molecular formula is C36H36BrN3O5S3. The maximum atomic E-state index is 14.7. The average Bonchev–Trinajstić information content (AvgIpc) is 3.67. The molecule has 1 fully saturated rings. The molecule has 6 rings (SSSR count). The van der Waals surface area contributed by atoms with Gasteiger partial charge in [0.25, 0.3) is 15.9 Å². The van der Waals surface area contributed by atoms with E-state index in [4.69, 9.17) is 4.74 Å². The minimum Gasteiger partial charge on any atom is -0.462 e. The highest BCUT2D eigenvalue weighted by atomic mass is 79.9. The summed E-state index contributed by atoms with van der Waals surface area (Å²) in [6.45, 7) is 8.28. The second-order valence-electron chi connectivity index (χ2n) is 11.6. The molecule has 1 aliphatic rings. The molecule has 8 nitrogen and oxygen atoms in total. The van der Waals surface area contributed by atoms with E-state index in [1.54, 1.807) is 25.1 Å². The highest BCUT2D eigenvalue weighted by Gasteiger charge is 2.31. The van der Waals surface area contributed by atoms with Gasteiger partial charge in [0.2, 0.25) is 0 Å². The molecule has 48 heavy (non-hydrogen) atoms. The number of sulfonamides is 1. The summed E-state index contributed by atoms with van der Waals surface area (Å²) in [4.78, 5) is 31.1. The first-order chi connectivity index (χ1) is 23.1. The number of rotatable bonds is 10. The Morgan fingerprint density at radius 2 is 1.67 bits per heavy atom. The van der Waals surface area contributed by atoms with Crippen molar-refractivity contribution in [3.05, 3.63) is 109 Å². The van der Waals surface area contributed by atoms with Crippen LogP contribution < -0.4 is 9.21 Å². The van der Waals surface area contributed by atoms with Crippen molar-refractivity contribution in [1.82, 2.24) is 4.90 Å². The fourth-order valence-electron chi connectivity index (χ4n) is 6.04. The van der Waals surface area contributed by atoms with Gasteiger partial charge in [0.15, 0.2) is 0 Å². The Balaban J connectivity index is 1.35. The molecule has 0 saturated carbocycles. The number of piperazine rings is 1. The van der Waals surface area contributed by atoms with Crippen molar-refractivity contribution in [3.63, 3.8) is 0 Å². The van der Waals surface area contributed by atoms with Crippen molar-refractivity contribution in [2.24, 2.45) is 0 Å². The Bertz CT molecular complexity index is 2080. The van der Waals surface area contributed by atoms with Crippen LogP contribution in [-0.4, -0.2) is 64.5 Å². The first kappa shape index (κ1) is 34.2. The largest absolute Gasteiger partial charge is 0.462 e. The van der Waals surface area contributed by atoms with Gasteiger partial charge in [-0.15, -0.1) is 22.7 Å². The van der Waals surface area contributed by atoms with Crippen LogP contribution in [0, 0.1) is 13.8 Å². The number of anilines is 2. The molecule has 5 aromatic rings. The van der Waals surface area contributed by atoms with Crippen LogP contribution in [-0.2, 0) is 21.2 Å². The van der Waals surface area contributed by atoms with Gasteiger partial charge in [-0.3, -0.25) is 9.10 Å². The second-order valence-corrected chi connectivity index (χ2v) is 16.2. The molecule has 12 heteroatoms. The molecule has 0 bridgehead atoms. The summed E-state index contributed by atoms with van der Waals surface area (Å²) in [5.41, 5.74) is 4.27. The van der Waals surface area contributed by atoms with Crippen LogP contribution in [0.3, 0.4) is 0 Å². The van der Waals surface area contributed by atoms with Crippen molar-refractivity contribution in [1.29, 1.82) is 0 Å². The SMILES string of the molecule is CCOC(=O)c1sc2ccc(S(=O)(=O)N(CCc3ccccc3C)c3ccccc3N3CCN(C(=O)c4sccc4Br)CC3)cc2c1C. The number of fused-ring (bicyclic) bond motifs is 1. The first-order valence-electron chi connectivity index (χ1n) is 15.7. The van der Waals surface area contributed by atoms with E-state index in [1.165, 1.54) is 27.0 Å². The maximum Gasteiger partial charge on any atom is 0.348 e. The number of nitrogens with zero attached hydrogens (tertiary/aromatic N) is 3. The number of benzene rings is 3. The van der Waals surface area contributed by atoms with Gasteiger partial charge in [-0.25, -0.2) is 13.2 Å². The predicted octanol–water partition coefficient (Wildman–Crippen LogP) is 7.92. The molecule has 0 spiro atoms. The summed E-state index contributed by atoms with van der Waals surface area (Å²) in [6.07, 6.45) is 0.519. The van der Waals surface area contributed by atoms with E-state index in [0.29, 0.717) is 53.6 Å². The number of amides is 1. The summed E-state index contributed by atoms with van der Waals surface area (Å²) < 4.78 is 37.9. The standard InChI is InChI=1S/C36H36BrN3O5S3/c1-4-45-36(42)33-25(3)28-23-27(13-14-32(28)47-33)48(43,44)40(17-15-26-10-6-5-9-24(26)2)31-12-8-7-11-30(31)38-18-20-39(21-19-38)35(41)34-29(37)16-22-46-34/h5-14,16,22-23H,4,15,17-21H2,1-3H3. The summed E-state index contributed by atoms with van der Waals surface area (Å²) >= 11 is 6.21. The van der Waals surface area contributed by atoms with Crippen LogP contribution >= 0.6 is 38.6 Å². The van der Waals surface area contributed by atoms with E-state index in [-0.39, 0.29) is 24.0 Å². The van der Waals surface area contributed by atoms with Gasteiger partial charge in [0.05, 0.1) is 22.9 Å². The number of ether oxygens (including phenoxy) is 1. The number of para-hydroxylation sites is 2. The highest BCUT2D eigenvalue weighted by molar-refractivity contribution is 9.10. The normalized spacial score (nSPS) is 13.6. The Labute approximate surface area is 297 Å². The Kier molecular flexibility index (Phi) is 10.3. The number of halogens is 1. The quantitative estimate of drug-likeness (QED) is 0.134. The molecule has 0 atom stereocenters. The van der Waals surface area contributed by atoms with Crippen LogP contribution in [0.2, 0.25) is 0 Å². The minimum atomic E-state index is -4.06. The molecule has 3 aromatic carbocycles. The average molecular weight is 767 g/mol. The van der Waals surface area contributed by atoms with Crippen LogP contribution in [0.15, 0.2) is 87.5 Å². The highest BCUT2D eigenvalue weighted by Crippen LogP contribution is 2.37. The third-order valence-electron chi connectivity index (χ3n) is 8.67. The van der Waals surface area contributed by atoms with Gasteiger partial charge >= 0.3 is 5.97 Å². The van der Waals surface area contributed by atoms with E-state index in [0.717, 1.165) is 31.4 Å². The van der Waals surface area contributed by atoms with Crippen molar-refractivity contribution >= 4 is 82.0 Å². The van der Waals surface area contributed by atoms with Crippen molar-refractivity contribution in [2.75, 3.05) is 48.5 Å². The van der Waals surface area contributed by atoms with Crippen molar-refractivity contribution in [2.45, 2.75) is 32.1 Å². The van der Waals surface area contributed by atoms with Crippen LogP contribution in [0.5, 0.6) is 0 Å². The summed E-state index contributed by atoms with van der Waals surface area (Å²) in [5, 5.41) is 2.61. The zero-order valence-corrected chi connectivity index (χ0v) is 31.0. The van der Waals surface area contributed by atoms with Crippen LogP contribution in [0.4, 0.5) is 11.4 Å². The molecular weight excluding hydrogens is 731 g/mol. The fourth-order valence-corrected chi connectivity index (χ4v) is 10.1. The lowest BCUT2D eigenvalue weighted by Crippen LogP contribution is -2.49. The third kappa shape index (κ3) is 6.76. The molecule has 0 unspecified atom stereocenters. The molecule has 0 N–H and O–H groups in total. The van der Waals surface area contributed by atoms with Gasteiger partial charge in [-0.1, -0.05) is 36.4 Å². The van der Waals surface area contributed by atoms with Gasteiger partial charge < -0.3 is 14.5 Å².